The maximum absolute atomic E-state index is 12.0. The number of nitrogens with zero attached hydrogens (tertiary/aromatic N) is 2. The van der Waals surface area contributed by atoms with Gasteiger partial charge in [-0.15, -0.1) is 0 Å². The third kappa shape index (κ3) is 3.36. The Kier molecular flexibility index (Phi) is 4.23. The molecule has 1 aromatic heterocycles. The van der Waals surface area contributed by atoms with E-state index in [1.807, 2.05) is 18.2 Å². The van der Waals surface area contributed by atoms with Crippen LogP contribution < -0.4 is 15.5 Å². The lowest BCUT2D eigenvalue weighted by Crippen LogP contribution is -2.28. The zero-order valence-corrected chi connectivity index (χ0v) is 12.7. The second-order valence-corrected chi connectivity index (χ2v) is 5.54. The fourth-order valence-corrected chi connectivity index (χ4v) is 2.72. The Bertz CT molecular complexity index is 657. The zero-order chi connectivity index (χ0) is 15.4. The molecule has 5 heteroatoms. The molecule has 0 radical (unpaired) electrons. The Hall–Kier alpha value is -2.56. The zero-order valence-electron chi connectivity index (χ0n) is 12.7. The van der Waals surface area contributed by atoms with E-state index in [4.69, 9.17) is 0 Å². The number of rotatable bonds is 3. The van der Waals surface area contributed by atoms with Crippen molar-refractivity contribution in [2.45, 2.75) is 19.4 Å². The van der Waals surface area contributed by atoms with Gasteiger partial charge in [0.2, 0.25) is 0 Å². The minimum atomic E-state index is -0.201. The van der Waals surface area contributed by atoms with E-state index in [0.717, 1.165) is 30.6 Å². The number of nitrogens with one attached hydrogen (secondary N) is 2. The monoisotopic (exact) mass is 296 g/mol. The molecule has 0 unspecified atom stereocenters. The van der Waals surface area contributed by atoms with Crippen molar-refractivity contribution < 1.29 is 4.79 Å². The predicted octanol–water partition coefficient (Wildman–Crippen LogP) is 2.79. The summed E-state index contributed by atoms with van der Waals surface area (Å²) >= 11 is 0. The largest absolute Gasteiger partial charge is 0.374 e. The summed E-state index contributed by atoms with van der Waals surface area (Å²) in [6.07, 6.45) is 5.68. The van der Waals surface area contributed by atoms with E-state index in [0.29, 0.717) is 6.54 Å². The molecule has 2 aromatic rings. The van der Waals surface area contributed by atoms with Crippen LogP contribution in [0.15, 0.2) is 42.7 Å². The van der Waals surface area contributed by atoms with Crippen LogP contribution in [0, 0.1) is 0 Å². The number of aryl methyl sites for hydroxylation is 1. The number of pyridine rings is 1. The van der Waals surface area contributed by atoms with Gasteiger partial charge in [-0.25, -0.2) is 4.79 Å². The topological polar surface area (TPSA) is 57.3 Å². The third-order valence-electron chi connectivity index (χ3n) is 3.86. The fraction of sp³-hybridized carbons (Fsp3) is 0.294. The smallest absolute Gasteiger partial charge is 0.319 e. The van der Waals surface area contributed by atoms with Crippen molar-refractivity contribution in [1.29, 1.82) is 0 Å². The molecule has 2 N–H and O–H groups in total. The minimum absolute atomic E-state index is 0.201. The van der Waals surface area contributed by atoms with Crippen LogP contribution in [-0.2, 0) is 13.0 Å². The van der Waals surface area contributed by atoms with Gasteiger partial charge in [0.15, 0.2) is 0 Å². The molecule has 2 heterocycles. The number of amides is 2. The lowest BCUT2D eigenvalue weighted by atomic mass is 10.0. The number of benzene rings is 1. The van der Waals surface area contributed by atoms with Crippen molar-refractivity contribution in [3.05, 3.63) is 53.9 Å². The van der Waals surface area contributed by atoms with Gasteiger partial charge in [0.25, 0.3) is 0 Å². The molecule has 0 saturated heterocycles. The van der Waals surface area contributed by atoms with Gasteiger partial charge >= 0.3 is 6.03 Å². The van der Waals surface area contributed by atoms with Crippen molar-refractivity contribution in [3.8, 4) is 0 Å². The van der Waals surface area contributed by atoms with E-state index in [1.54, 1.807) is 12.4 Å². The molecule has 0 aliphatic carbocycles. The van der Waals surface area contributed by atoms with Crippen molar-refractivity contribution in [3.63, 3.8) is 0 Å². The highest BCUT2D eigenvalue weighted by Crippen LogP contribution is 2.28. The first-order chi connectivity index (χ1) is 10.7. The van der Waals surface area contributed by atoms with Gasteiger partial charge in [0, 0.05) is 43.9 Å². The Labute approximate surface area is 130 Å². The summed E-state index contributed by atoms with van der Waals surface area (Å²) in [5.74, 6) is 0. The van der Waals surface area contributed by atoms with E-state index >= 15 is 0 Å². The Morgan fingerprint density at radius 1 is 1.36 bits per heavy atom. The van der Waals surface area contributed by atoms with Crippen LogP contribution in [0.3, 0.4) is 0 Å². The Morgan fingerprint density at radius 2 is 2.27 bits per heavy atom. The SMILES string of the molecule is CN1CCCc2cc(NC(=O)NCc3cccnc3)ccc21. The summed E-state index contributed by atoms with van der Waals surface area (Å²) in [4.78, 5) is 18.2. The van der Waals surface area contributed by atoms with Crippen LogP contribution in [0.4, 0.5) is 16.2 Å². The number of fused-ring (bicyclic) bond motifs is 1. The molecule has 5 nitrogen and oxygen atoms in total. The fourth-order valence-electron chi connectivity index (χ4n) is 2.72. The van der Waals surface area contributed by atoms with E-state index in [2.05, 4.69) is 39.7 Å². The Morgan fingerprint density at radius 3 is 3.09 bits per heavy atom. The summed E-state index contributed by atoms with van der Waals surface area (Å²) in [5.41, 5.74) is 4.36. The van der Waals surface area contributed by atoms with Crippen LogP contribution in [0.2, 0.25) is 0 Å². The number of aromatic nitrogens is 1. The molecular formula is C17H20N4O. The van der Waals surface area contributed by atoms with Crippen LogP contribution >= 0.6 is 0 Å². The molecule has 0 saturated carbocycles. The molecule has 2 amide bonds. The van der Waals surface area contributed by atoms with E-state index in [-0.39, 0.29) is 6.03 Å². The standard InChI is InChI=1S/C17H20N4O/c1-21-9-3-5-14-10-15(6-7-16(14)21)20-17(22)19-12-13-4-2-8-18-11-13/h2,4,6-8,10-11H,3,5,9,12H2,1H3,(H2,19,20,22). The number of anilines is 2. The number of hydrogen-bond acceptors (Lipinski definition) is 3. The highest BCUT2D eigenvalue weighted by atomic mass is 16.2. The average molecular weight is 296 g/mol. The molecule has 114 valence electrons. The lowest BCUT2D eigenvalue weighted by molar-refractivity contribution is 0.251. The van der Waals surface area contributed by atoms with Gasteiger partial charge in [-0.2, -0.15) is 0 Å². The number of carbonyl (C=O) groups excluding carboxylic acids is 1. The first-order valence-electron chi connectivity index (χ1n) is 7.50. The summed E-state index contributed by atoms with van der Waals surface area (Å²) in [7, 11) is 2.10. The molecule has 3 rings (SSSR count). The van der Waals surface area contributed by atoms with Gasteiger partial charge in [-0.1, -0.05) is 6.07 Å². The average Bonchev–Trinajstić information content (AvgIpc) is 2.54. The van der Waals surface area contributed by atoms with Crippen molar-refractivity contribution in [2.24, 2.45) is 0 Å². The highest BCUT2D eigenvalue weighted by molar-refractivity contribution is 5.89. The third-order valence-corrected chi connectivity index (χ3v) is 3.86. The van der Waals surface area contributed by atoms with E-state index in [1.165, 1.54) is 11.3 Å². The minimum Gasteiger partial charge on any atom is -0.374 e. The van der Waals surface area contributed by atoms with Crippen molar-refractivity contribution >= 4 is 17.4 Å². The second-order valence-electron chi connectivity index (χ2n) is 5.54. The highest BCUT2D eigenvalue weighted by Gasteiger charge is 2.14. The van der Waals surface area contributed by atoms with Crippen LogP contribution in [0.5, 0.6) is 0 Å². The lowest BCUT2D eigenvalue weighted by Gasteiger charge is -2.27. The second kappa shape index (κ2) is 6.47. The van der Waals surface area contributed by atoms with Gasteiger partial charge in [-0.05, 0) is 48.2 Å². The maximum atomic E-state index is 12.0. The molecule has 1 aromatic carbocycles. The summed E-state index contributed by atoms with van der Waals surface area (Å²) < 4.78 is 0. The van der Waals surface area contributed by atoms with Crippen LogP contribution in [0.1, 0.15) is 17.5 Å². The number of urea groups is 1. The predicted molar refractivity (Wildman–Crippen MR) is 88.1 cm³/mol. The molecular weight excluding hydrogens is 276 g/mol. The first-order valence-corrected chi connectivity index (χ1v) is 7.50. The van der Waals surface area contributed by atoms with Gasteiger partial charge in [0.1, 0.15) is 0 Å². The van der Waals surface area contributed by atoms with E-state index < -0.39 is 0 Å². The normalized spacial score (nSPS) is 13.4. The maximum Gasteiger partial charge on any atom is 0.319 e. The summed E-state index contributed by atoms with van der Waals surface area (Å²) in [5, 5.41) is 5.72. The van der Waals surface area contributed by atoms with Crippen molar-refractivity contribution in [2.75, 3.05) is 23.8 Å². The molecule has 1 aliphatic heterocycles. The van der Waals surface area contributed by atoms with Gasteiger partial charge < -0.3 is 15.5 Å². The molecule has 0 atom stereocenters. The van der Waals surface area contributed by atoms with E-state index in [9.17, 15) is 4.79 Å². The first kappa shape index (κ1) is 14.4. The molecule has 0 fully saturated rings. The van der Waals surface area contributed by atoms with Crippen LogP contribution in [0.25, 0.3) is 0 Å². The Balaban J connectivity index is 1.60. The molecule has 22 heavy (non-hydrogen) atoms. The molecule has 0 bridgehead atoms. The number of carbonyl (C=O) groups is 1. The molecule has 1 aliphatic rings. The quantitative estimate of drug-likeness (QED) is 0.915. The summed E-state index contributed by atoms with van der Waals surface area (Å²) in [6.45, 7) is 1.55. The van der Waals surface area contributed by atoms with Gasteiger partial charge in [-0.3, -0.25) is 4.98 Å². The van der Waals surface area contributed by atoms with Crippen LogP contribution in [-0.4, -0.2) is 24.6 Å². The summed E-state index contributed by atoms with van der Waals surface area (Å²) in [6, 6.07) is 9.68. The van der Waals surface area contributed by atoms with Gasteiger partial charge in [0.05, 0.1) is 0 Å². The molecule has 0 spiro atoms. The van der Waals surface area contributed by atoms with Crippen molar-refractivity contribution in [1.82, 2.24) is 10.3 Å². The number of hydrogen-bond donors (Lipinski definition) is 2.